The van der Waals surface area contributed by atoms with Crippen molar-refractivity contribution in [1.82, 2.24) is 4.72 Å². The fraction of sp³-hybridized carbons (Fsp3) is 0.231. The molecule has 0 saturated heterocycles. The van der Waals surface area contributed by atoms with Gasteiger partial charge in [-0.25, -0.2) is 17.5 Å². The normalized spacial score (nSPS) is 11.8. The number of thiophene rings is 1. The van der Waals surface area contributed by atoms with Crippen LogP contribution in [0.4, 0.5) is 4.39 Å². The maximum absolute atomic E-state index is 13.4. The summed E-state index contributed by atoms with van der Waals surface area (Å²) in [4.78, 5) is 0.942. The Hall–Kier alpha value is -0.800. The molecule has 2 aromatic rings. The van der Waals surface area contributed by atoms with Crippen molar-refractivity contribution in [3.63, 3.8) is 0 Å². The molecule has 2 rings (SSSR count). The van der Waals surface area contributed by atoms with Gasteiger partial charge in [0.25, 0.3) is 0 Å². The number of halogens is 2. The molecule has 0 aliphatic heterocycles. The van der Waals surface area contributed by atoms with Crippen molar-refractivity contribution in [3.05, 3.63) is 50.4 Å². The van der Waals surface area contributed by atoms with Crippen molar-refractivity contribution >= 4 is 37.3 Å². The van der Waals surface area contributed by atoms with E-state index in [1.807, 2.05) is 0 Å². The Kier molecular flexibility index (Phi) is 5.50. The van der Waals surface area contributed by atoms with Crippen LogP contribution in [0, 0.1) is 5.82 Å². The van der Waals surface area contributed by atoms with E-state index in [-0.39, 0.29) is 30.2 Å². The summed E-state index contributed by atoms with van der Waals surface area (Å²) in [7, 11) is -3.63. The third-order valence-electron chi connectivity index (χ3n) is 2.84. The molecule has 0 amide bonds. The lowest BCUT2D eigenvalue weighted by Gasteiger charge is -2.06. The number of hydrogen-bond donors (Lipinski definition) is 2. The van der Waals surface area contributed by atoms with Crippen LogP contribution in [0.15, 0.2) is 39.0 Å². The average Bonchev–Trinajstić information content (AvgIpc) is 2.83. The number of hydrogen-bond acceptors (Lipinski definition) is 4. The second-order valence-corrected chi connectivity index (χ2v) is 8.48. The van der Waals surface area contributed by atoms with Gasteiger partial charge in [0.2, 0.25) is 10.0 Å². The van der Waals surface area contributed by atoms with E-state index in [2.05, 4.69) is 20.7 Å². The van der Waals surface area contributed by atoms with Crippen LogP contribution in [0.25, 0.3) is 0 Å². The molecular formula is C13H14BrFN2O2S2. The highest BCUT2D eigenvalue weighted by Crippen LogP contribution is 2.31. The zero-order valence-corrected chi connectivity index (χ0v) is 14.2. The van der Waals surface area contributed by atoms with E-state index in [1.165, 1.54) is 17.4 Å². The Balaban J connectivity index is 2.05. The zero-order chi connectivity index (χ0) is 15.5. The Morgan fingerprint density at radius 2 is 2.05 bits per heavy atom. The molecule has 0 unspecified atom stereocenters. The summed E-state index contributed by atoms with van der Waals surface area (Å²) in [6, 6.07) is 7.85. The predicted molar refractivity (Wildman–Crippen MR) is 85.2 cm³/mol. The predicted octanol–water partition coefficient (Wildman–Crippen LogP) is 2.63. The van der Waals surface area contributed by atoms with Crippen LogP contribution >= 0.6 is 27.3 Å². The standard InChI is InChI=1S/C13H14BrFN2O2S2/c14-13-12(7-10(8-16)20-13)21(18,19)17-6-5-9-3-1-2-4-11(9)15/h1-4,7,17H,5-6,8,16H2. The lowest BCUT2D eigenvalue weighted by atomic mass is 10.1. The molecule has 0 fully saturated rings. The number of sulfonamides is 1. The summed E-state index contributed by atoms with van der Waals surface area (Å²) in [6.07, 6.45) is 0.289. The van der Waals surface area contributed by atoms with E-state index in [4.69, 9.17) is 5.73 Å². The molecule has 0 bridgehead atoms. The summed E-state index contributed by atoms with van der Waals surface area (Å²) >= 11 is 4.51. The van der Waals surface area contributed by atoms with Crippen molar-refractivity contribution in [2.45, 2.75) is 17.9 Å². The van der Waals surface area contributed by atoms with Gasteiger partial charge in [-0.1, -0.05) is 18.2 Å². The summed E-state index contributed by atoms with van der Waals surface area (Å²) in [6.45, 7) is 0.414. The van der Waals surface area contributed by atoms with Crippen molar-refractivity contribution in [2.75, 3.05) is 6.54 Å². The van der Waals surface area contributed by atoms with Crippen LogP contribution in [0.5, 0.6) is 0 Å². The smallest absolute Gasteiger partial charge is 0.242 e. The van der Waals surface area contributed by atoms with Crippen molar-refractivity contribution in [2.24, 2.45) is 5.73 Å². The average molecular weight is 393 g/mol. The molecule has 0 atom stereocenters. The van der Waals surface area contributed by atoms with Crippen molar-refractivity contribution < 1.29 is 12.8 Å². The van der Waals surface area contributed by atoms with Gasteiger partial charge >= 0.3 is 0 Å². The lowest BCUT2D eigenvalue weighted by Crippen LogP contribution is -2.26. The molecule has 0 aliphatic rings. The van der Waals surface area contributed by atoms with Gasteiger partial charge in [-0.15, -0.1) is 11.3 Å². The van der Waals surface area contributed by atoms with Crippen LogP contribution in [0.3, 0.4) is 0 Å². The van der Waals surface area contributed by atoms with E-state index < -0.39 is 10.0 Å². The topological polar surface area (TPSA) is 72.2 Å². The minimum absolute atomic E-state index is 0.128. The van der Waals surface area contributed by atoms with E-state index >= 15 is 0 Å². The van der Waals surface area contributed by atoms with Gasteiger partial charge in [0.05, 0.1) is 3.79 Å². The number of nitrogens with two attached hydrogens (primary N) is 1. The third kappa shape index (κ3) is 4.10. The molecule has 3 N–H and O–H groups in total. The fourth-order valence-corrected chi connectivity index (χ4v) is 5.37. The van der Waals surface area contributed by atoms with E-state index in [0.29, 0.717) is 9.35 Å². The molecule has 0 spiro atoms. The monoisotopic (exact) mass is 392 g/mol. The van der Waals surface area contributed by atoms with Gasteiger partial charge in [0.15, 0.2) is 0 Å². The van der Waals surface area contributed by atoms with Gasteiger partial charge in [-0.05, 0) is 40.0 Å². The molecule has 1 aromatic heterocycles. The molecule has 0 saturated carbocycles. The quantitative estimate of drug-likeness (QED) is 0.793. The first kappa shape index (κ1) is 16.6. The highest BCUT2D eigenvalue weighted by molar-refractivity contribution is 9.11. The van der Waals surface area contributed by atoms with Gasteiger partial charge in [-0.3, -0.25) is 0 Å². The van der Waals surface area contributed by atoms with E-state index in [0.717, 1.165) is 4.88 Å². The zero-order valence-electron chi connectivity index (χ0n) is 11.0. The van der Waals surface area contributed by atoms with Gasteiger partial charge in [0.1, 0.15) is 10.7 Å². The maximum Gasteiger partial charge on any atom is 0.242 e. The number of benzene rings is 1. The molecule has 4 nitrogen and oxygen atoms in total. The van der Waals surface area contributed by atoms with Crippen LogP contribution in [0.1, 0.15) is 10.4 Å². The maximum atomic E-state index is 13.4. The minimum atomic E-state index is -3.63. The van der Waals surface area contributed by atoms with Gasteiger partial charge in [-0.2, -0.15) is 0 Å². The molecule has 1 heterocycles. The van der Waals surface area contributed by atoms with E-state index in [1.54, 1.807) is 24.3 Å². The Morgan fingerprint density at radius 1 is 1.33 bits per heavy atom. The Bertz CT molecular complexity index is 732. The molecular weight excluding hydrogens is 379 g/mol. The van der Waals surface area contributed by atoms with Crippen LogP contribution in [-0.4, -0.2) is 15.0 Å². The van der Waals surface area contributed by atoms with E-state index in [9.17, 15) is 12.8 Å². The van der Waals surface area contributed by atoms with Crippen molar-refractivity contribution in [1.29, 1.82) is 0 Å². The lowest BCUT2D eigenvalue weighted by molar-refractivity contribution is 0.577. The Labute approximate surface area is 135 Å². The first-order valence-corrected chi connectivity index (χ1v) is 9.24. The van der Waals surface area contributed by atoms with Crippen molar-refractivity contribution in [3.8, 4) is 0 Å². The van der Waals surface area contributed by atoms with Gasteiger partial charge < -0.3 is 5.73 Å². The van der Waals surface area contributed by atoms with Gasteiger partial charge in [0, 0.05) is 18.0 Å². The molecule has 0 aliphatic carbocycles. The molecule has 114 valence electrons. The second kappa shape index (κ2) is 6.97. The summed E-state index contributed by atoms with van der Waals surface area (Å²) in [5.41, 5.74) is 5.98. The third-order valence-corrected chi connectivity index (χ3v) is 6.58. The SMILES string of the molecule is NCc1cc(S(=O)(=O)NCCc2ccccc2F)c(Br)s1. The summed E-state index contributed by atoms with van der Waals surface area (Å²) < 4.78 is 40.8. The highest BCUT2D eigenvalue weighted by Gasteiger charge is 2.20. The second-order valence-electron chi connectivity index (χ2n) is 4.29. The Morgan fingerprint density at radius 3 is 2.67 bits per heavy atom. The fourth-order valence-electron chi connectivity index (χ4n) is 1.78. The first-order valence-electron chi connectivity index (χ1n) is 6.15. The number of nitrogens with one attached hydrogen (secondary N) is 1. The molecule has 1 aromatic carbocycles. The number of rotatable bonds is 6. The minimum Gasteiger partial charge on any atom is -0.326 e. The molecule has 0 radical (unpaired) electrons. The molecule has 21 heavy (non-hydrogen) atoms. The van der Waals surface area contributed by atoms with Crippen LogP contribution < -0.4 is 10.5 Å². The summed E-state index contributed by atoms with van der Waals surface area (Å²) in [5.74, 6) is -0.334. The molecule has 8 heteroatoms. The van der Waals surface area contributed by atoms with Crippen LogP contribution in [-0.2, 0) is 23.0 Å². The highest BCUT2D eigenvalue weighted by atomic mass is 79.9. The van der Waals surface area contributed by atoms with Crippen LogP contribution in [0.2, 0.25) is 0 Å². The first-order chi connectivity index (χ1) is 9.94. The summed E-state index contributed by atoms with van der Waals surface area (Å²) in [5, 5.41) is 0. The largest absolute Gasteiger partial charge is 0.326 e.